The average molecular weight is 386 g/mol. The molecule has 1 aliphatic rings. The molecule has 3 aromatic rings. The molecular weight excluding hydrogens is 370 g/mol. The summed E-state index contributed by atoms with van der Waals surface area (Å²) in [5.74, 6) is -0.0880. The number of nitrogens with zero attached hydrogens (tertiary/aromatic N) is 4. The van der Waals surface area contributed by atoms with Gasteiger partial charge in [-0.1, -0.05) is 21.1 Å². The van der Waals surface area contributed by atoms with Gasteiger partial charge in [0.25, 0.3) is 5.91 Å². The first kappa shape index (κ1) is 15.3. The Hall–Kier alpha value is -2.28. The number of carbonyl (C=O) groups excluding carboxylic acids is 1. The lowest BCUT2D eigenvalue weighted by molar-refractivity contribution is 0.0945. The Bertz CT molecular complexity index is 918. The summed E-state index contributed by atoms with van der Waals surface area (Å²) in [6, 6.07) is 7.61. The lowest BCUT2D eigenvalue weighted by Gasteiger charge is -2.16. The van der Waals surface area contributed by atoms with E-state index in [1.165, 1.54) is 0 Å². The Kier molecular flexibility index (Phi) is 3.60. The smallest absolute Gasteiger partial charge is 0.252 e. The van der Waals surface area contributed by atoms with Gasteiger partial charge in [-0.15, -0.1) is 5.10 Å². The summed E-state index contributed by atoms with van der Waals surface area (Å²) < 4.78 is 2.77. The fourth-order valence-electron chi connectivity index (χ4n) is 2.95. The second-order valence-corrected chi connectivity index (χ2v) is 7.14. The first-order valence-corrected chi connectivity index (χ1v) is 8.59. The summed E-state index contributed by atoms with van der Waals surface area (Å²) in [4.78, 5) is 17.3. The SMILES string of the molecule is Cc1cc(C(=O)NCC2(n3ccnn3)CC2)c2cc(Br)ccc2n1. The summed E-state index contributed by atoms with van der Waals surface area (Å²) in [5, 5.41) is 11.8. The summed E-state index contributed by atoms with van der Waals surface area (Å²) >= 11 is 3.46. The van der Waals surface area contributed by atoms with Crippen LogP contribution in [0.1, 0.15) is 28.9 Å². The molecule has 24 heavy (non-hydrogen) atoms. The Morgan fingerprint density at radius 1 is 1.38 bits per heavy atom. The van der Waals surface area contributed by atoms with Crippen molar-refractivity contribution in [3.63, 3.8) is 0 Å². The zero-order valence-electron chi connectivity index (χ0n) is 13.2. The van der Waals surface area contributed by atoms with E-state index in [9.17, 15) is 4.79 Å². The zero-order chi connectivity index (χ0) is 16.7. The molecule has 2 heterocycles. The fraction of sp³-hybridized carbons (Fsp3) is 0.294. The molecule has 0 bridgehead atoms. The molecule has 0 radical (unpaired) electrons. The van der Waals surface area contributed by atoms with Crippen molar-refractivity contribution < 1.29 is 4.79 Å². The first-order chi connectivity index (χ1) is 11.6. The molecule has 7 heteroatoms. The van der Waals surface area contributed by atoms with Crippen molar-refractivity contribution in [3.8, 4) is 0 Å². The van der Waals surface area contributed by atoms with Crippen LogP contribution in [-0.2, 0) is 5.54 Å². The molecule has 1 aromatic carbocycles. The van der Waals surface area contributed by atoms with Crippen molar-refractivity contribution in [2.75, 3.05) is 6.54 Å². The highest BCUT2D eigenvalue weighted by Crippen LogP contribution is 2.42. The van der Waals surface area contributed by atoms with E-state index in [4.69, 9.17) is 0 Å². The Balaban J connectivity index is 1.61. The van der Waals surface area contributed by atoms with Crippen LogP contribution in [0.15, 0.2) is 41.1 Å². The molecule has 6 nitrogen and oxygen atoms in total. The molecule has 1 fully saturated rings. The van der Waals surface area contributed by atoms with Crippen molar-refractivity contribution in [2.24, 2.45) is 0 Å². The number of rotatable bonds is 4. The quantitative estimate of drug-likeness (QED) is 0.749. The summed E-state index contributed by atoms with van der Waals surface area (Å²) in [7, 11) is 0. The number of amides is 1. The fourth-order valence-corrected chi connectivity index (χ4v) is 3.31. The van der Waals surface area contributed by atoms with Crippen LogP contribution in [0.5, 0.6) is 0 Å². The van der Waals surface area contributed by atoms with Crippen molar-refractivity contribution in [2.45, 2.75) is 25.3 Å². The summed E-state index contributed by atoms with van der Waals surface area (Å²) in [6.07, 6.45) is 5.51. The number of halogens is 1. The van der Waals surface area contributed by atoms with Crippen molar-refractivity contribution >= 4 is 32.7 Å². The van der Waals surface area contributed by atoms with Gasteiger partial charge in [0.1, 0.15) is 0 Å². The molecule has 2 aromatic heterocycles. The predicted molar refractivity (Wildman–Crippen MR) is 93.7 cm³/mol. The van der Waals surface area contributed by atoms with Gasteiger partial charge < -0.3 is 5.32 Å². The predicted octanol–water partition coefficient (Wildman–Crippen LogP) is 2.82. The molecule has 0 unspecified atom stereocenters. The topological polar surface area (TPSA) is 72.7 Å². The van der Waals surface area contributed by atoms with E-state index < -0.39 is 0 Å². The van der Waals surface area contributed by atoms with E-state index in [1.807, 2.05) is 42.1 Å². The van der Waals surface area contributed by atoms with Crippen LogP contribution in [0.4, 0.5) is 0 Å². The second kappa shape index (κ2) is 5.66. The van der Waals surface area contributed by atoms with E-state index in [2.05, 4.69) is 36.5 Å². The number of aromatic nitrogens is 4. The maximum atomic E-state index is 12.8. The normalized spacial score (nSPS) is 15.4. The van der Waals surface area contributed by atoms with Gasteiger partial charge in [0.05, 0.1) is 22.8 Å². The van der Waals surface area contributed by atoms with Crippen LogP contribution in [0, 0.1) is 6.92 Å². The highest BCUT2D eigenvalue weighted by Gasteiger charge is 2.45. The lowest BCUT2D eigenvalue weighted by Crippen LogP contribution is -2.36. The molecule has 0 saturated heterocycles. The maximum Gasteiger partial charge on any atom is 0.252 e. The van der Waals surface area contributed by atoms with Crippen LogP contribution in [0.3, 0.4) is 0 Å². The molecule has 0 aliphatic heterocycles. The molecule has 0 atom stereocenters. The Labute approximate surface area is 147 Å². The van der Waals surface area contributed by atoms with Gasteiger partial charge in [0.2, 0.25) is 0 Å². The highest BCUT2D eigenvalue weighted by molar-refractivity contribution is 9.10. The summed E-state index contributed by atoms with van der Waals surface area (Å²) in [5.41, 5.74) is 2.17. The molecule has 0 spiro atoms. The van der Waals surface area contributed by atoms with Gasteiger partial charge in [-0.3, -0.25) is 9.78 Å². The van der Waals surface area contributed by atoms with Crippen LogP contribution in [0.2, 0.25) is 0 Å². The average Bonchev–Trinajstić information content (AvgIpc) is 3.15. The van der Waals surface area contributed by atoms with Crippen molar-refractivity contribution in [1.82, 2.24) is 25.3 Å². The van der Waals surface area contributed by atoms with Gasteiger partial charge in [-0.05, 0) is 44.0 Å². The van der Waals surface area contributed by atoms with E-state index >= 15 is 0 Å². The monoisotopic (exact) mass is 385 g/mol. The number of hydrogen-bond acceptors (Lipinski definition) is 4. The van der Waals surface area contributed by atoms with Crippen LogP contribution < -0.4 is 5.32 Å². The lowest BCUT2D eigenvalue weighted by atomic mass is 10.1. The third kappa shape index (κ3) is 2.69. The number of benzene rings is 1. The van der Waals surface area contributed by atoms with Gasteiger partial charge in [-0.2, -0.15) is 0 Å². The minimum absolute atomic E-state index is 0.0880. The van der Waals surface area contributed by atoms with Gasteiger partial charge >= 0.3 is 0 Å². The van der Waals surface area contributed by atoms with E-state index in [-0.39, 0.29) is 11.4 Å². The van der Waals surface area contributed by atoms with E-state index in [0.29, 0.717) is 12.1 Å². The first-order valence-electron chi connectivity index (χ1n) is 7.79. The maximum absolute atomic E-state index is 12.8. The minimum Gasteiger partial charge on any atom is -0.350 e. The molecular formula is C17H16BrN5O. The number of pyridine rings is 1. The van der Waals surface area contributed by atoms with E-state index in [0.717, 1.165) is 33.9 Å². The molecule has 1 saturated carbocycles. The van der Waals surface area contributed by atoms with Gasteiger partial charge in [0.15, 0.2) is 0 Å². The van der Waals surface area contributed by atoms with Crippen LogP contribution >= 0.6 is 15.9 Å². The van der Waals surface area contributed by atoms with Crippen molar-refractivity contribution in [1.29, 1.82) is 0 Å². The molecule has 1 aliphatic carbocycles. The van der Waals surface area contributed by atoms with Gasteiger partial charge in [-0.25, -0.2) is 4.68 Å². The Morgan fingerprint density at radius 2 is 2.21 bits per heavy atom. The number of aryl methyl sites for hydroxylation is 1. The molecule has 1 N–H and O–H groups in total. The molecule has 4 rings (SSSR count). The standard InChI is InChI=1S/C17H16BrN5O/c1-11-8-14(13-9-12(18)2-3-15(13)21-11)16(24)19-10-17(4-5-17)23-7-6-20-22-23/h2-3,6-9H,4-5,10H2,1H3,(H,19,24). The third-order valence-electron chi connectivity index (χ3n) is 4.46. The molecule has 1 amide bonds. The number of hydrogen-bond donors (Lipinski definition) is 1. The van der Waals surface area contributed by atoms with Crippen LogP contribution in [0.25, 0.3) is 10.9 Å². The number of carbonyl (C=O) groups is 1. The Morgan fingerprint density at radius 3 is 2.92 bits per heavy atom. The number of fused-ring (bicyclic) bond motifs is 1. The van der Waals surface area contributed by atoms with E-state index in [1.54, 1.807) is 6.20 Å². The highest BCUT2D eigenvalue weighted by atomic mass is 79.9. The molecule has 122 valence electrons. The largest absolute Gasteiger partial charge is 0.350 e. The van der Waals surface area contributed by atoms with Crippen molar-refractivity contribution in [3.05, 3.63) is 52.4 Å². The third-order valence-corrected chi connectivity index (χ3v) is 4.95. The van der Waals surface area contributed by atoms with Gasteiger partial charge in [0, 0.05) is 28.3 Å². The minimum atomic E-state index is -0.120. The zero-order valence-corrected chi connectivity index (χ0v) is 14.7. The second-order valence-electron chi connectivity index (χ2n) is 6.23. The summed E-state index contributed by atoms with van der Waals surface area (Å²) in [6.45, 7) is 2.45. The number of nitrogens with one attached hydrogen (secondary N) is 1. The van der Waals surface area contributed by atoms with Crippen LogP contribution in [-0.4, -0.2) is 32.4 Å².